The van der Waals surface area contributed by atoms with Crippen molar-refractivity contribution in [2.24, 2.45) is 13.0 Å². The molecule has 1 aliphatic rings. The van der Waals surface area contributed by atoms with Crippen LogP contribution in [0.4, 0.5) is 11.6 Å². The number of nitrogens with zero attached hydrogens (tertiary/aromatic N) is 5. The van der Waals surface area contributed by atoms with Gasteiger partial charge in [0.2, 0.25) is 5.95 Å². The fraction of sp³-hybridized carbons (Fsp3) is 0.320. The lowest BCUT2D eigenvalue weighted by molar-refractivity contribution is 0.414. The molecule has 8 nitrogen and oxygen atoms in total. The van der Waals surface area contributed by atoms with Crippen molar-refractivity contribution in [2.45, 2.75) is 26.9 Å². The summed E-state index contributed by atoms with van der Waals surface area (Å²) in [6.45, 7) is 5.77. The first-order valence-corrected chi connectivity index (χ1v) is 11.0. The Morgan fingerprint density at radius 1 is 1.09 bits per heavy atom. The van der Waals surface area contributed by atoms with E-state index in [-0.39, 0.29) is 23.7 Å². The molecule has 0 saturated carbocycles. The van der Waals surface area contributed by atoms with E-state index in [9.17, 15) is 9.59 Å². The van der Waals surface area contributed by atoms with Crippen molar-refractivity contribution in [2.75, 3.05) is 18.6 Å². The number of hydrogen-bond donors (Lipinski definition) is 0. The van der Waals surface area contributed by atoms with Crippen LogP contribution >= 0.6 is 0 Å². The summed E-state index contributed by atoms with van der Waals surface area (Å²) < 4.78 is 10.1. The highest BCUT2D eigenvalue weighted by Crippen LogP contribution is 2.34. The quantitative estimate of drug-likeness (QED) is 0.483. The van der Waals surface area contributed by atoms with Crippen LogP contribution in [-0.2, 0) is 20.1 Å². The van der Waals surface area contributed by atoms with Crippen LogP contribution in [0.2, 0.25) is 0 Å². The van der Waals surface area contributed by atoms with E-state index < -0.39 is 0 Å². The molecule has 2 aromatic carbocycles. The molecule has 0 radical (unpaired) electrons. The average Bonchev–Trinajstić information content (AvgIpc) is 3.19. The number of imidazole rings is 1. The van der Waals surface area contributed by atoms with E-state index in [1.165, 1.54) is 9.13 Å². The summed E-state index contributed by atoms with van der Waals surface area (Å²) in [5, 5.41) is 0. The molecule has 0 fully saturated rings. The SMILES string of the molecule is COc1cccc(N2C[C@@H](C)Cn3c2nc2c3c(=O)n(Cc3cccc(C)c3)c(=O)n2C)c1. The van der Waals surface area contributed by atoms with Gasteiger partial charge in [0.25, 0.3) is 5.56 Å². The minimum atomic E-state index is -0.370. The highest BCUT2D eigenvalue weighted by Gasteiger charge is 2.30. The Labute approximate surface area is 191 Å². The number of anilines is 2. The molecule has 3 heterocycles. The van der Waals surface area contributed by atoms with Crippen LogP contribution in [0.5, 0.6) is 5.75 Å². The summed E-state index contributed by atoms with van der Waals surface area (Å²) in [4.78, 5) is 33.6. The second-order valence-electron chi connectivity index (χ2n) is 8.83. The Balaban J connectivity index is 1.71. The first-order valence-electron chi connectivity index (χ1n) is 11.0. The molecule has 0 unspecified atom stereocenters. The number of ether oxygens (including phenoxy) is 1. The Kier molecular flexibility index (Phi) is 5.08. The molecule has 1 aliphatic heterocycles. The van der Waals surface area contributed by atoms with Gasteiger partial charge in [-0.3, -0.25) is 13.9 Å². The van der Waals surface area contributed by atoms with Crippen molar-refractivity contribution in [3.63, 3.8) is 0 Å². The maximum absolute atomic E-state index is 13.6. The number of aryl methyl sites for hydroxylation is 2. The van der Waals surface area contributed by atoms with E-state index in [1.54, 1.807) is 14.2 Å². The third kappa shape index (κ3) is 3.51. The van der Waals surface area contributed by atoms with Crippen LogP contribution in [-0.4, -0.2) is 32.3 Å². The van der Waals surface area contributed by atoms with Crippen LogP contribution < -0.4 is 20.9 Å². The van der Waals surface area contributed by atoms with Crippen LogP contribution in [0.3, 0.4) is 0 Å². The number of benzene rings is 2. The second kappa shape index (κ2) is 7.95. The molecule has 5 rings (SSSR count). The van der Waals surface area contributed by atoms with Crippen LogP contribution in [0.1, 0.15) is 18.1 Å². The molecular formula is C25H27N5O3. The first-order chi connectivity index (χ1) is 15.9. The van der Waals surface area contributed by atoms with Crippen molar-refractivity contribution in [1.82, 2.24) is 18.7 Å². The van der Waals surface area contributed by atoms with Gasteiger partial charge in [-0.15, -0.1) is 0 Å². The van der Waals surface area contributed by atoms with Gasteiger partial charge < -0.3 is 14.2 Å². The molecule has 170 valence electrons. The number of hydrogen-bond acceptors (Lipinski definition) is 5. The predicted octanol–water partition coefficient (Wildman–Crippen LogP) is 3.05. The Morgan fingerprint density at radius 2 is 1.88 bits per heavy atom. The summed E-state index contributed by atoms with van der Waals surface area (Å²) in [6.07, 6.45) is 0. The number of rotatable bonds is 4. The van der Waals surface area contributed by atoms with Gasteiger partial charge in [-0.05, 0) is 30.5 Å². The number of fused-ring (bicyclic) bond motifs is 3. The van der Waals surface area contributed by atoms with Gasteiger partial charge in [0, 0.05) is 31.9 Å². The van der Waals surface area contributed by atoms with Crippen molar-refractivity contribution >= 4 is 22.8 Å². The molecular weight excluding hydrogens is 418 g/mol. The Hall–Kier alpha value is -3.81. The molecule has 0 spiro atoms. The second-order valence-corrected chi connectivity index (χ2v) is 8.83. The topological polar surface area (TPSA) is 74.3 Å². The number of aromatic nitrogens is 4. The van der Waals surface area contributed by atoms with E-state index in [1.807, 2.05) is 60.0 Å². The summed E-state index contributed by atoms with van der Waals surface area (Å²) in [6, 6.07) is 15.6. The van der Waals surface area contributed by atoms with E-state index in [0.717, 1.165) is 29.1 Å². The molecule has 0 aliphatic carbocycles. The monoisotopic (exact) mass is 445 g/mol. The van der Waals surface area contributed by atoms with E-state index in [4.69, 9.17) is 9.72 Å². The molecule has 8 heteroatoms. The molecule has 1 atom stereocenters. The summed E-state index contributed by atoms with van der Waals surface area (Å²) >= 11 is 0. The summed E-state index contributed by atoms with van der Waals surface area (Å²) in [7, 11) is 3.31. The van der Waals surface area contributed by atoms with Crippen molar-refractivity contribution in [3.8, 4) is 5.75 Å². The molecule has 4 aromatic rings. The van der Waals surface area contributed by atoms with Gasteiger partial charge in [-0.1, -0.05) is 42.8 Å². The molecule has 0 bridgehead atoms. The molecule has 0 saturated heterocycles. The van der Waals surface area contributed by atoms with Crippen molar-refractivity contribution in [3.05, 3.63) is 80.5 Å². The fourth-order valence-electron chi connectivity index (χ4n) is 4.63. The van der Waals surface area contributed by atoms with E-state index in [2.05, 4.69) is 11.8 Å². The maximum Gasteiger partial charge on any atom is 0.332 e. The molecule has 33 heavy (non-hydrogen) atoms. The standard InChI is InChI=1S/C25H27N5O3/c1-16-7-5-8-18(11-16)15-30-23(31)21-22(27(3)25(30)32)26-24-28(13-17(2)14-29(21)24)19-9-6-10-20(12-19)33-4/h5-12,17H,13-15H2,1-4H3/t17-/m1/s1. The van der Waals surface area contributed by atoms with Crippen molar-refractivity contribution in [1.29, 1.82) is 0 Å². The highest BCUT2D eigenvalue weighted by molar-refractivity contribution is 5.77. The lowest BCUT2D eigenvalue weighted by Crippen LogP contribution is -2.40. The van der Waals surface area contributed by atoms with E-state index >= 15 is 0 Å². The lowest BCUT2D eigenvalue weighted by Gasteiger charge is -2.33. The zero-order chi connectivity index (χ0) is 23.3. The minimum absolute atomic E-state index is 0.221. The normalized spacial score (nSPS) is 15.6. The van der Waals surface area contributed by atoms with Crippen molar-refractivity contribution < 1.29 is 4.74 Å². The zero-order valence-corrected chi connectivity index (χ0v) is 19.3. The molecule has 0 N–H and O–H groups in total. The minimum Gasteiger partial charge on any atom is -0.497 e. The largest absolute Gasteiger partial charge is 0.497 e. The highest BCUT2D eigenvalue weighted by atomic mass is 16.5. The summed E-state index contributed by atoms with van der Waals surface area (Å²) in [5.74, 6) is 1.70. The average molecular weight is 446 g/mol. The zero-order valence-electron chi connectivity index (χ0n) is 19.3. The van der Waals surface area contributed by atoms with Crippen LogP contribution in [0.15, 0.2) is 58.1 Å². The third-order valence-corrected chi connectivity index (χ3v) is 6.23. The first kappa shape index (κ1) is 21.1. The van der Waals surface area contributed by atoms with Crippen LogP contribution in [0.25, 0.3) is 11.2 Å². The van der Waals surface area contributed by atoms with Crippen LogP contribution in [0, 0.1) is 12.8 Å². The Morgan fingerprint density at radius 3 is 2.64 bits per heavy atom. The van der Waals surface area contributed by atoms with Gasteiger partial charge in [0.05, 0.1) is 13.7 Å². The smallest absolute Gasteiger partial charge is 0.332 e. The maximum atomic E-state index is 13.6. The Bertz CT molecular complexity index is 1480. The van der Waals surface area contributed by atoms with Gasteiger partial charge in [0.15, 0.2) is 11.2 Å². The van der Waals surface area contributed by atoms with Gasteiger partial charge in [-0.2, -0.15) is 4.98 Å². The predicted molar refractivity (Wildman–Crippen MR) is 129 cm³/mol. The summed E-state index contributed by atoms with van der Waals surface area (Å²) in [5.41, 5.74) is 3.11. The molecule has 0 amide bonds. The van der Waals surface area contributed by atoms with Gasteiger partial charge in [0.1, 0.15) is 5.75 Å². The molecule has 2 aromatic heterocycles. The van der Waals surface area contributed by atoms with Gasteiger partial charge in [-0.25, -0.2) is 4.79 Å². The lowest BCUT2D eigenvalue weighted by atomic mass is 10.1. The fourth-order valence-corrected chi connectivity index (χ4v) is 4.63. The third-order valence-electron chi connectivity index (χ3n) is 6.23. The van der Waals surface area contributed by atoms with E-state index in [0.29, 0.717) is 23.7 Å². The number of methoxy groups -OCH3 is 1. The van der Waals surface area contributed by atoms with Gasteiger partial charge >= 0.3 is 5.69 Å².